The first kappa shape index (κ1) is 11.0. The summed E-state index contributed by atoms with van der Waals surface area (Å²) in [7, 11) is -0.0450. The van der Waals surface area contributed by atoms with E-state index in [1.54, 1.807) is 38.4 Å². The van der Waals surface area contributed by atoms with E-state index in [1.807, 2.05) is 0 Å². The molecule has 1 rings (SSSR count). The van der Waals surface area contributed by atoms with Crippen LogP contribution in [0.2, 0.25) is 0 Å². The second kappa shape index (κ2) is 4.00. The summed E-state index contributed by atoms with van der Waals surface area (Å²) in [6, 6.07) is 6.99. The zero-order chi connectivity index (χ0) is 10.8. The molecule has 1 aromatic rings. The van der Waals surface area contributed by atoms with Crippen molar-refractivity contribution in [3.63, 3.8) is 0 Å². The Kier molecular flexibility index (Phi) is 3.16. The molecule has 0 saturated heterocycles. The molecule has 0 aliphatic carbocycles. The average Bonchev–Trinajstić information content (AvgIpc) is 2.15. The number of ether oxygens (including phenoxy) is 1. The summed E-state index contributed by atoms with van der Waals surface area (Å²) in [5.41, 5.74) is 11.3. The van der Waals surface area contributed by atoms with Gasteiger partial charge in [0.05, 0.1) is 7.11 Å². The van der Waals surface area contributed by atoms with Gasteiger partial charge in [-0.25, -0.2) is 0 Å². The monoisotopic (exact) mass is 215 g/mol. The van der Waals surface area contributed by atoms with Gasteiger partial charge >= 0.3 is 0 Å². The number of nitrogens with two attached hydrogens (primary N) is 2. The minimum Gasteiger partial charge on any atom is -0.497 e. The molecule has 0 saturated carbocycles. The SMILES string of the molecule is COc1ccc(N(C)P(N)(N)=O)cc1. The first-order valence-corrected chi connectivity index (χ1v) is 5.80. The highest BCUT2D eigenvalue weighted by molar-refractivity contribution is 7.60. The van der Waals surface area contributed by atoms with Gasteiger partial charge in [-0.3, -0.25) is 15.6 Å². The molecule has 6 heteroatoms. The summed E-state index contributed by atoms with van der Waals surface area (Å²) < 4.78 is 17.7. The third-order valence-corrected chi connectivity index (χ3v) is 3.08. The van der Waals surface area contributed by atoms with Gasteiger partial charge in [-0.05, 0) is 24.3 Å². The van der Waals surface area contributed by atoms with Crippen LogP contribution in [0.4, 0.5) is 5.69 Å². The van der Waals surface area contributed by atoms with Crippen LogP contribution < -0.4 is 20.4 Å². The van der Waals surface area contributed by atoms with Crippen molar-refractivity contribution in [3.05, 3.63) is 24.3 Å². The zero-order valence-corrected chi connectivity index (χ0v) is 9.07. The van der Waals surface area contributed by atoms with Crippen molar-refractivity contribution in [3.8, 4) is 5.75 Å². The normalized spacial score (nSPS) is 11.1. The van der Waals surface area contributed by atoms with Crippen LogP contribution in [0.5, 0.6) is 5.75 Å². The first-order chi connectivity index (χ1) is 6.45. The molecule has 0 fully saturated rings. The van der Waals surface area contributed by atoms with Crippen molar-refractivity contribution >= 4 is 13.3 Å². The van der Waals surface area contributed by atoms with Gasteiger partial charge in [-0.15, -0.1) is 0 Å². The van der Waals surface area contributed by atoms with Gasteiger partial charge in [0.1, 0.15) is 5.75 Å². The maximum Gasteiger partial charge on any atom is 0.300 e. The Morgan fingerprint density at radius 1 is 1.29 bits per heavy atom. The smallest absolute Gasteiger partial charge is 0.300 e. The highest BCUT2D eigenvalue weighted by Crippen LogP contribution is 2.35. The molecule has 78 valence electrons. The molecule has 14 heavy (non-hydrogen) atoms. The molecule has 0 spiro atoms. The van der Waals surface area contributed by atoms with Crippen LogP contribution in [0.3, 0.4) is 0 Å². The number of benzene rings is 1. The fourth-order valence-corrected chi connectivity index (χ4v) is 1.47. The molecular weight excluding hydrogens is 201 g/mol. The molecule has 4 N–H and O–H groups in total. The van der Waals surface area contributed by atoms with Gasteiger partial charge in [0.2, 0.25) is 0 Å². The second-order valence-electron chi connectivity index (χ2n) is 2.89. The molecule has 0 aliphatic heterocycles. The van der Waals surface area contributed by atoms with Crippen LogP contribution in [0.1, 0.15) is 0 Å². The quantitative estimate of drug-likeness (QED) is 0.739. The van der Waals surface area contributed by atoms with Crippen molar-refractivity contribution in [2.45, 2.75) is 0 Å². The molecule has 0 aromatic heterocycles. The van der Waals surface area contributed by atoms with E-state index in [2.05, 4.69) is 0 Å². The maximum atomic E-state index is 11.3. The topological polar surface area (TPSA) is 81.6 Å². The van der Waals surface area contributed by atoms with Crippen molar-refractivity contribution in [2.75, 3.05) is 18.8 Å². The Morgan fingerprint density at radius 3 is 2.14 bits per heavy atom. The first-order valence-electron chi connectivity index (χ1n) is 4.00. The van der Waals surface area contributed by atoms with Crippen LogP contribution >= 0.6 is 7.59 Å². The highest BCUT2D eigenvalue weighted by Gasteiger charge is 2.16. The number of methoxy groups -OCH3 is 1. The Hall–Kier alpha value is -1.03. The van der Waals surface area contributed by atoms with Crippen molar-refractivity contribution in [1.82, 2.24) is 0 Å². The van der Waals surface area contributed by atoms with E-state index in [0.717, 1.165) is 5.75 Å². The Labute approximate surface area is 83.2 Å². The van der Waals surface area contributed by atoms with Crippen LogP contribution in [-0.2, 0) is 4.57 Å². The summed E-state index contributed by atoms with van der Waals surface area (Å²) in [4.78, 5) is 0. The average molecular weight is 215 g/mol. The number of hydrogen-bond acceptors (Lipinski definition) is 2. The summed E-state index contributed by atoms with van der Waals surface area (Å²) in [5.74, 6) is 0.728. The van der Waals surface area contributed by atoms with E-state index in [-0.39, 0.29) is 0 Å². The van der Waals surface area contributed by atoms with E-state index in [0.29, 0.717) is 5.69 Å². The zero-order valence-electron chi connectivity index (χ0n) is 8.18. The highest BCUT2D eigenvalue weighted by atomic mass is 31.2. The molecule has 0 heterocycles. The molecule has 0 atom stereocenters. The lowest BCUT2D eigenvalue weighted by atomic mass is 10.3. The minimum absolute atomic E-state index is 0.694. The van der Waals surface area contributed by atoms with Crippen LogP contribution in [-0.4, -0.2) is 14.2 Å². The van der Waals surface area contributed by atoms with E-state index < -0.39 is 7.59 Å². The summed E-state index contributed by atoms with van der Waals surface area (Å²) in [6.45, 7) is 0. The summed E-state index contributed by atoms with van der Waals surface area (Å²) in [6.07, 6.45) is 0. The maximum absolute atomic E-state index is 11.3. The summed E-state index contributed by atoms with van der Waals surface area (Å²) in [5, 5.41) is 0. The van der Waals surface area contributed by atoms with Gasteiger partial charge in [-0.1, -0.05) is 0 Å². The number of rotatable bonds is 3. The number of anilines is 1. The third-order valence-electron chi connectivity index (χ3n) is 1.91. The van der Waals surface area contributed by atoms with Crippen molar-refractivity contribution in [1.29, 1.82) is 0 Å². The molecular formula is C8H14N3O2P. The minimum atomic E-state index is -3.21. The Morgan fingerprint density at radius 2 is 1.79 bits per heavy atom. The van der Waals surface area contributed by atoms with Crippen molar-refractivity contribution in [2.24, 2.45) is 11.0 Å². The van der Waals surface area contributed by atoms with E-state index in [9.17, 15) is 4.57 Å². The van der Waals surface area contributed by atoms with Gasteiger partial charge in [-0.2, -0.15) is 0 Å². The molecule has 0 amide bonds. The molecule has 0 aliphatic rings. The summed E-state index contributed by atoms with van der Waals surface area (Å²) >= 11 is 0. The van der Waals surface area contributed by atoms with Gasteiger partial charge < -0.3 is 9.41 Å². The standard InChI is InChI=1S/C8H14N3O2P/c1-11(14(9,10)12)7-3-5-8(13-2)6-4-7/h3-6H,1-2H3,(H4,9,10,12). The van der Waals surface area contributed by atoms with Gasteiger partial charge in [0, 0.05) is 12.7 Å². The Balaban J connectivity index is 2.92. The van der Waals surface area contributed by atoms with Crippen LogP contribution in [0.15, 0.2) is 24.3 Å². The molecule has 0 bridgehead atoms. The number of nitrogens with zero attached hydrogens (tertiary/aromatic N) is 1. The molecule has 5 nitrogen and oxygen atoms in total. The molecule has 0 unspecified atom stereocenters. The predicted molar refractivity (Wildman–Crippen MR) is 57.4 cm³/mol. The lowest BCUT2D eigenvalue weighted by Crippen LogP contribution is -2.24. The van der Waals surface area contributed by atoms with E-state index >= 15 is 0 Å². The molecule has 1 aromatic carbocycles. The number of hydrogen-bond donors (Lipinski definition) is 2. The molecule has 0 radical (unpaired) electrons. The predicted octanol–water partition coefficient (Wildman–Crippen LogP) is 1.16. The van der Waals surface area contributed by atoms with Crippen LogP contribution in [0.25, 0.3) is 0 Å². The lowest BCUT2D eigenvalue weighted by molar-refractivity contribution is 0.415. The fourth-order valence-electron chi connectivity index (χ4n) is 0.978. The van der Waals surface area contributed by atoms with Gasteiger partial charge in [0.25, 0.3) is 7.59 Å². The third kappa shape index (κ3) is 2.48. The van der Waals surface area contributed by atoms with Crippen LogP contribution in [0, 0.1) is 0 Å². The lowest BCUT2D eigenvalue weighted by Gasteiger charge is -2.22. The fraction of sp³-hybridized carbons (Fsp3) is 0.250. The van der Waals surface area contributed by atoms with Crippen molar-refractivity contribution < 1.29 is 9.30 Å². The second-order valence-corrected chi connectivity index (χ2v) is 4.84. The van der Waals surface area contributed by atoms with E-state index in [4.69, 9.17) is 15.7 Å². The largest absolute Gasteiger partial charge is 0.497 e. The van der Waals surface area contributed by atoms with Gasteiger partial charge in [0.15, 0.2) is 0 Å². The Bertz CT molecular complexity index is 346. The van der Waals surface area contributed by atoms with E-state index in [1.165, 1.54) is 4.67 Å².